The Morgan fingerprint density at radius 3 is 3.00 bits per heavy atom. The first-order valence-electron chi connectivity index (χ1n) is 6.62. The van der Waals surface area contributed by atoms with Gasteiger partial charge in [0.05, 0.1) is 0 Å². The number of carbonyl (C=O) groups excluding carboxylic acids is 1. The van der Waals surface area contributed by atoms with Crippen LogP contribution in [0.4, 0.5) is 0 Å². The van der Waals surface area contributed by atoms with E-state index in [0.29, 0.717) is 13.1 Å². The number of hydrogen-bond donors (Lipinski definition) is 2. The van der Waals surface area contributed by atoms with Gasteiger partial charge in [0, 0.05) is 50.3 Å². The van der Waals surface area contributed by atoms with E-state index in [4.69, 9.17) is 0 Å². The minimum atomic E-state index is -0.183. The normalized spacial score (nSPS) is 19.9. The van der Waals surface area contributed by atoms with Crippen molar-refractivity contribution in [3.05, 3.63) is 28.2 Å². The quantitative estimate of drug-likeness (QED) is 0.861. The Bertz CT molecular complexity index is 493. The molecule has 1 aliphatic rings. The molecule has 1 saturated heterocycles. The predicted octanol–water partition coefficient (Wildman–Crippen LogP) is 1.02. The van der Waals surface area contributed by atoms with Gasteiger partial charge in [0.2, 0.25) is 5.91 Å². The summed E-state index contributed by atoms with van der Waals surface area (Å²) in [7, 11) is 3.54. The minimum absolute atomic E-state index is 0.0895. The summed E-state index contributed by atoms with van der Waals surface area (Å²) >= 11 is 3.41. The van der Waals surface area contributed by atoms with Crippen molar-refractivity contribution in [3.63, 3.8) is 0 Å². The maximum Gasteiger partial charge on any atom is 0.240 e. The molecule has 5 nitrogen and oxygen atoms in total. The minimum Gasteiger partial charge on any atom is -0.508 e. The van der Waals surface area contributed by atoms with E-state index in [1.165, 1.54) is 0 Å². The molecule has 1 unspecified atom stereocenters. The third kappa shape index (κ3) is 3.50. The van der Waals surface area contributed by atoms with Gasteiger partial charge in [0.15, 0.2) is 0 Å². The highest BCUT2D eigenvalue weighted by atomic mass is 79.9. The summed E-state index contributed by atoms with van der Waals surface area (Å²) in [6.07, 6.45) is 0. The Hall–Kier alpha value is -1.11. The van der Waals surface area contributed by atoms with E-state index in [1.54, 1.807) is 31.1 Å². The molecule has 1 heterocycles. The van der Waals surface area contributed by atoms with E-state index < -0.39 is 0 Å². The van der Waals surface area contributed by atoms with Crippen LogP contribution in [-0.2, 0) is 11.3 Å². The van der Waals surface area contributed by atoms with Crippen molar-refractivity contribution in [2.45, 2.75) is 12.6 Å². The topological polar surface area (TPSA) is 55.8 Å². The lowest BCUT2D eigenvalue weighted by Gasteiger charge is -2.36. The molecule has 0 aromatic heterocycles. The standard InChI is InChI=1S/C14H20BrN3O2/c1-17(2)14(20)12-8-16-5-6-18(12)9-10-7-11(15)3-4-13(10)19/h3-4,7,12,16,19H,5-6,8-9H2,1-2H3. The summed E-state index contributed by atoms with van der Waals surface area (Å²) in [6.45, 7) is 2.85. The highest BCUT2D eigenvalue weighted by Gasteiger charge is 2.30. The lowest BCUT2D eigenvalue weighted by Crippen LogP contribution is -2.57. The molecule has 1 amide bonds. The smallest absolute Gasteiger partial charge is 0.240 e. The first-order chi connectivity index (χ1) is 9.49. The zero-order valence-corrected chi connectivity index (χ0v) is 13.4. The van der Waals surface area contributed by atoms with E-state index in [9.17, 15) is 9.90 Å². The van der Waals surface area contributed by atoms with Gasteiger partial charge >= 0.3 is 0 Å². The number of hydrogen-bond acceptors (Lipinski definition) is 4. The van der Waals surface area contributed by atoms with Crippen LogP contribution in [0.15, 0.2) is 22.7 Å². The molecule has 0 aliphatic carbocycles. The molecule has 0 saturated carbocycles. The number of piperazine rings is 1. The fraction of sp³-hybridized carbons (Fsp3) is 0.500. The lowest BCUT2D eigenvalue weighted by atomic mass is 10.1. The van der Waals surface area contributed by atoms with Crippen molar-refractivity contribution in [1.29, 1.82) is 0 Å². The zero-order chi connectivity index (χ0) is 14.7. The molecule has 20 heavy (non-hydrogen) atoms. The summed E-state index contributed by atoms with van der Waals surface area (Å²) in [5.41, 5.74) is 0.831. The van der Waals surface area contributed by atoms with Gasteiger partial charge in [-0.25, -0.2) is 0 Å². The van der Waals surface area contributed by atoms with Crippen molar-refractivity contribution < 1.29 is 9.90 Å². The van der Waals surface area contributed by atoms with Crippen molar-refractivity contribution >= 4 is 21.8 Å². The van der Waals surface area contributed by atoms with Crippen LogP contribution < -0.4 is 5.32 Å². The Morgan fingerprint density at radius 1 is 1.55 bits per heavy atom. The molecule has 0 bridgehead atoms. The monoisotopic (exact) mass is 341 g/mol. The number of halogens is 1. The third-order valence-corrected chi connectivity index (χ3v) is 3.99. The van der Waals surface area contributed by atoms with Crippen molar-refractivity contribution in [3.8, 4) is 5.75 Å². The molecule has 1 atom stereocenters. The molecule has 110 valence electrons. The van der Waals surface area contributed by atoms with Gasteiger partial charge in [0.25, 0.3) is 0 Å². The molecular formula is C14H20BrN3O2. The van der Waals surface area contributed by atoms with Crippen molar-refractivity contribution in [2.24, 2.45) is 0 Å². The van der Waals surface area contributed by atoms with Gasteiger partial charge in [-0.05, 0) is 18.2 Å². The Kier molecular flexibility index (Phi) is 5.01. The maximum absolute atomic E-state index is 12.2. The number of benzene rings is 1. The van der Waals surface area contributed by atoms with Gasteiger partial charge in [-0.15, -0.1) is 0 Å². The van der Waals surface area contributed by atoms with Crippen LogP contribution in [0.25, 0.3) is 0 Å². The van der Waals surface area contributed by atoms with Gasteiger partial charge in [-0.3, -0.25) is 9.69 Å². The second kappa shape index (κ2) is 6.56. The third-order valence-electron chi connectivity index (χ3n) is 3.50. The Morgan fingerprint density at radius 2 is 2.30 bits per heavy atom. The number of rotatable bonds is 3. The molecule has 6 heteroatoms. The summed E-state index contributed by atoms with van der Waals surface area (Å²) < 4.78 is 0.927. The first kappa shape index (κ1) is 15.3. The van der Waals surface area contributed by atoms with Gasteiger partial charge in [-0.2, -0.15) is 0 Å². The summed E-state index contributed by atoms with van der Waals surface area (Å²) in [5, 5.41) is 13.2. The van der Waals surface area contributed by atoms with E-state index in [-0.39, 0.29) is 17.7 Å². The number of amides is 1. The van der Waals surface area contributed by atoms with Crippen LogP contribution in [0.5, 0.6) is 5.75 Å². The average Bonchev–Trinajstić information content (AvgIpc) is 2.42. The SMILES string of the molecule is CN(C)C(=O)C1CNCCN1Cc1cc(Br)ccc1O. The fourth-order valence-electron chi connectivity index (χ4n) is 2.38. The predicted molar refractivity (Wildman–Crippen MR) is 81.6 cm³/mol. The summed E-state index contributed by atoms with van der Waals surface area (Å²) in [4.78, 5) is 16.0. The fourth-order valence-corrected chi connectivity index (χ4v) is 2.79. The largest absolute Gasteiger partial charge is 0.508 e. The molecule has 1 aromatic rings. The molecule has 1 aromatic carbocycles. The number of phenols is 1. The highest BCUT2D eigenvalue weighted by molar-refractivity contribution is 9.10. The van der Waals surface area contributed by atoms with Crippen LogP contribution in [-0.4, -0.2) is 60.6 Å². The first-order valence-corrected chi connectivity index (χ1v) is 7.41. The maximum atomic E-state index is 12.2. The second-order valence-corrected chi connectivity index (χ2v) is 6.11. The molecule has 0 radical (unpaired) electrons. The average molecular weight is 342 g/mol. The number of phenolic OH excluding ortho intramolecular Hbond substituents is 1. The van der Waals surface area contributed by atoms with Crippen LogP contribution >= 0.6 is 15.9 Å². The number of nitrogens with one attached hydrogen (secondary N) is 1. The van der Waals surface area contributed by atoms with E-state index in [1.807, 2.05) is 6.07 Å². The zero-order valence-electron chi connectivity index (χ0n) is 11.8. The molecule has 2 rings (SSSR count). The van der Waals surface area contributed by atoms with Crippen LogP contribution in [0.1, 0.15) is 5.56 Å². The molecule has 1 fully saturated rings. The summed E-state index contributed by atoms with van der Waals surface area (Å²) in [6, 6.07) is 5.19. The van der Waals surface area contributed by atoms with Crippen LogP contribution in [0.3, 0.4) is 0 Å². The van der Waals surface area contributed by atoms with E-state index >= 15 is 0 Å². The van der Waals surface area contributed by atoms with Crippen molar-refractivity contribution in [2.75, 3.05) is 33.7 Å². The van der Waals surface area contributed by atoms with Crippen LogP contribution in [0.2, 0.25) is 0 Å². The van der Waals surface area contributed by atoms with Gasteiger partial charge in [-0.1, -0.05) is 15.9 Å². The Labute approximate surface area is 127 Å². The van der Waals surface area contributed by atoms with Crippen LogP contribution in [0, 0.1) is 0 Å². The number of likely N-dealkylation sites (N-methyl/N-ethyl adjacent to an activating group) is 1. The molecule has 2 N–H and O–H groups in total. The number of aromatic hydroxyl groups is 1. The number of nitrogens with zero attached hydrogens (tertiary/aromatic N) is 2. The van der Waals surface area contributed by atoms with E-state index in [2.05, 4.69) is 26.1 Å². The molecular weight excluding hydrogens is 322 g/mol. The Balaban J connectivity index is 2.16. The van der Waals surface area contributed by atoms with Crippen molar-refractivity contribution in [1.82, 2.24) is 15.1 Å². The lowest BCUT2D eigenvalue weighted by molar-refractivity contribution is -0.135. The number of carbonyl (C=O) groups is 1. The summed E-state index contributed by atoms with van der Waals surface area (Å²) in [5.74, 6) is 0.356. The van der Waals surface area contributed by atoms with Gasteiger partial charge in [0.1, 0.15) is 11.8 Å². The van der Waals surface area contributed by atoms with Gasteiger partial charge < -0.3 is 15.3 Å². The highest BCUT2D eigenvalue weighted by Crippen LogP contribution is 2.24. The second-order valence-electron chi connectivity index (χ2n) is 5.20. The molecule has 1 aliphatic heterocycles. The van der Waals surface area contributed by atoms with E-state index in [0.717, 1.165) is 23.1 Å². The molecule has 0 spiro atoms.